The third-order valence-corrected chi connectivity index (χ3v) is 2.52. The van der Waals surface area contributed by atoms with Gasteiger partial charge in [0.15, 0.2) is 0 Å². The quantitative estimate of drug-likeness (QED) is 0.619. The maximum absolute atomic E-state index is 10.5. The third-order valence-electron chi connectivity index (χ3n) is 2.52. The van der Waals surface area contributed by atoms with Crippen molar-refractivity contribution in [1.29, 1.82) is 0 Å². The highest BCUT2D eigenvalue weighted by Gasteiger charge is 2.24. The first-order chi connectivity index (χ1) is 5.61. The van der Waals surface area contributed by atoms with E-state index in [0.29, 0.717) is 0 Å². The molecule has 1 rings (SSSR count). The van der Waals surface area contributed by atoms with Crippen LogP contribution in [0.3, 0.4) is 0 Å². The van der Waals surface area contributed by atoms with Crippen LogP contribution in [-0.4, -0.2) is 40.4 Å². The monoisotopic (exact) mass is 173 g/mol. The molecule has 70 valence electrons. The molecule has 0 heterocycles. The van der Waals surface area contributed by atoms with Crippen LogP contribution in [0.2, 0.25) is 0 Å². The molecule has 1 fully saturated rings. The molecule has 2 N–H and O–H groups in total. The van der Waals surface area contributed by atoms with Gasteiger partial charge in [-0.15, -0.1) is 0 Å². The Bertz CT molecular complexity index is 164. The molecule has 4 heteroatoms. The van der Waals surface area contributed by atoms with Gasteiger partial charge in [0.25, 0.3) is 0 Å². The number of carboxylic acid groups (broad SMARTS) is 1. The molecule has 0 aromatic heterocycles. The predicted octanol–water partition coefficient (Wildman–Crippen LogP) is 0.900. The molecular weight excluding hydrogens is 158 g/mol. The Morgan fingerprint density at radius 3 is 2.25 bits per heavy atom. The first kappa shape index (κ1) is 9.32. The van der Waals surface area contributed by atoms with Crippen molar-refractivity contribution in [2.24, 2.45) is 0 Å². The second-order valence-electron chi connectivity index (χ2n) is 3.36. The molecule has 0 aliphatic heterocycles. The molecule has 0 atom stereocenters. The van der Waals surface area contributed by atoms with Gasteiger partial charge in [-0.25, -0.2) is 4.79 Å². The standard InChI is InChI=1S/C8H15NO3/c1-9(8(11)12)6-2-4-7(10)5-3-6/h6-7,10H,2-5H2,1H3,(H,11,12)/t6-,7+. The van der Waals surface area contributed by atoms with Crippen LogP contribution in [-0.2, 0) is 0 Å². The lowest BCUT2D eigenvalue weighted by Gasteiger charge is -2.31. The van der Waals surface area contributed by atoms with E-state index in [-0.39, 0.29) is 12.1 Å². The molecule has 0 saturated heterocycles. The zero-order valence-corrected chi connectivity index (χ0v) is 7.23. The number of hydrogen-bond donors (Lipinski definition) is 2. The fourth-order valence-electron chi connectivity index (χ4n) is 1.60. The molecule has 0 aromatic rings. The summed E-state index contributed by atoms with van der Waals surface area (Å²) in [4.78, 5) is 11.9. The van der Waals surface area contributed by atoms with Gasteiger partial charge in [-0.3, -0.25) is 0 Å². The number of amides is 1. The summed E-state index contributed by atoms with van der Waals surface area (Å²) in [7, 11) is 1.59. The van der Waals surface area contributed by atoms with Crippen LogP contribution in [0.25, 0.3) is 0 Å². The lowest BCUT2D eigenvalue weighted by molar-refractivity contribution is 0.0786. The second-order valence-corrected chi connectivity index (χ2v) is 3.36. The molecule has 4 nitrogen and oxygen atoms in total. The smallest absolute Gasteiger partial charge is 0.407 e. The van der Waals surface area contributed by atoms with Gasteiger partial charge in [-0.05, 0) is 25.7 Å². The van der Waals surface area contributed by atoms with Gasteiger partial charge in [-0.1, -0.05) is 0 Å². The second kappa shape index (κ2) is 3.76. The number of aliphatic hydroxyl groups is 1. The molecule has 1 aliphatic rings. The summed E-state index contributed by atoms with van der Waals surface area (Å²) in [6.45, 7) is 0. The average Bonchev–Trinajstić information content (AvgIpc) is 2.04. The number of hydrogen-bond acceptors (Lipinski definition) is 2. The molecule has 1 amide bonds. The minimum Gasteiger partial charge on any atom is -0.465 e. The van der Waals surface area contributed by atoms with Gasteiger partial charge in [0, 0.05) is 13.1 Å². The maximum Gasteiger partial charge on any atom is 0.407 e. The summed E-state index contributed by atoms with van der Waals surface area (Å²) < 4.78 is 0. The van der Waals surface area contributed by atoms with Gasteiger partial charge < -0.3 is 15.1 Å². The van der Waals surface area contributed by atoms with E-state index in [1.165, 1.54) is 4.90 Å². The van der Waals surface area contributed by atoms with Crippen LogP contribution in [0.5, 0.6) is 0 Å². The van der Waals surface area contributed by atoms with E-state index in [9.17, 15) is 9.90 Å². The van der Waals surface area contributed by atoms with E-state index < -0.39 is 6.09 Å². The van der Waals surface area contributed by atoms with Crippen molar-refractivity contribution in [3.05, 3.63) is 0 Å². The van der Waals surface area contributed by atoms with E-state index in [2.05, 4.69) is 0 Å². The fourth-order valence-corrected chi connectivity index (χ4v) is 1.60. The lowest BCUT2D eigenvalue weighted by atomic mass is 9.92. The number of rotatable bonds is 1. The molecule has 0 radical (unpaired) electrons. The van der Waals surface area contributed by atoms with Crippen LogP contribution < -0.4 is 0 Å². The fraction of sp³-hybridized carbons (Fsp3) is 0.875. The van der Waals surface area contributed by atoms with Crippen LogP contribution in [0.1, 0.15) is 25.7 Å². The predicted molar refractivity (Wildman–Crippen MR) is 44.1 cm³/mol. The zero-order chi connectivity index (χ0) is 9.14. The van der Waals surface area contributed by atoms with Gasteiger partial charge in [-0.2, -0.15) is 0 Å². The Balaban J connectivity index is 2.39. The molecule has 1 saturated carbocycles. The third kappa shape index (κ3) is 2.11. The van der Waals surface area contributed by atoms with Crippen molar-refractivity contribution in [3.8, 4) is 0 Å². The summed E-state index contributed by atoms with van der Waals surface area (Å²) in [5.41, 5.74) is 0. The van der Waals surface area contributed by atoms with Crippen LogP contribution in [0, 0.1) is 0 Å². The number of carbonyl (C=O) groups is 1. The molecule has 12 heavy (non-hydrogen) atoms. The first-order valence-electron chi connectivity index (χ1n) is 4.25. The Hall–Kier alpha value is -0.770. The molecule has 0 unspecified atom stereocenters. The molecule has 0 bridgehead atoms. The SMILES string of the molecule is CN(C(=O)O)[C@H]1CC[C@@H](O)CC1. The first-order valence-corrected chi connectivity index (χ1v) is 4.25. The molecule has 0 aromatic carbocycles. The summed E-state index contributed by atoms with van der Waals surface area (Å²) in [5.74, 6) is 0. The highest BCUT2D eigenvalue weighted by Crippen LogP contribution is 2.21. The number of nitrogens with zero attached hydrogens (tertiary/aromatic N) is 1. The molecular formula is C8H15NO3. The van der Waals surface area contributed by atoms with Crippen LogP contribution in [0.4, 0.5) is 4.79 Å². The maximum atomic E-state index is 10.5. The Kier molecular flexibility index (Phi) is 2.92. The van der Waals surface area contributed by atoms with Crippen molar-refractivity contribution < 1.29 is 15.0 Å². The summed E-state index contributed by atoms with van der Waals surface area (Å²) in [6.07, 6.45) is 1.92. The minimum absolute atomic E-state index is 0.103. The zero-order valence-electron chi connectivity index (χ0n) is 7.23. The van der Waals surface area contributed by atoms with E-state index in [0.717, 1.165) is 25.7 Å². The van der Waals surface area contributed by atoms with E-state index in [4.69, 9.17) is 5.11 Å². The van der Waals surface area contributed by atoms with Crippen molar-refractivity contribution in [2.45, 2.75) is 37.8 Å². The highest BCUT2D eigenvalue weighted by atomic mass is 16.4. The van der Waals surface area contributed by atoms with E-state index in [1.54, 1.807) is 7.05 Å². The van der Waals surface area contributed by atoms with Crippen molar-refractivity contribution in [2.75, 3.05) is 7.05 Å². The van der Waals surface area contributed by atoms with E-state index in [1.807, 2.05) is 0 Å². The van der Waals surface area contributed by atoms with Crippen molar-refractivity contribution in [1.82, 2.24) is 4.90 Å². The topological polar surface area (TPSA) is 60.8 Å². The Morgan fingerprint density at radius 2 is 1.83 bits per heavy atom. The molecule has 1 aliphatic carbocycles. The summed E-state index contributed by atoms with van der Waals surface area (Å²) in [5, 5.41) is 17.8. The van der Waals surface area contributed by atoms with Gasteiger partial charge >= 0.3 is 6.09 Å². The van der Waals surface area contributed by atoms with Gasteiger partial charge in [0.05, 0.1) is 6.10 Å². The summed E-state index contributed by atoms with van der Waals surface area (Å²) >= 11 is 0. The lowest BCUT2D eigenvalue weighted by Crippen LogP contribution is -2.39. The van der Waals surface area contributed by atoms with E-state index >= 15 is 0 Å². The minimum atomic E-state index is -0.878. The largest absolute Gasteiger partial charge is 0.465 e. The number of aliphatic hydroxyl groups excluding tert-OH is 1. The highest BCUT2D eigenvalue weighted by molar-refractivity contribution is 5.64. The average molecular weight is 173 g/mol. The Morgan fingerprint density at radius 1 is 1.33 bits per heavy atom. The Labute approximate surface area is 71.8 Å². The van der Waals surface area contributed by atoms with Gasteiger partial charge in [0.2, 0.25) is 0 Å². The van der Waals surface area contributed by atoms with Gasteiger partial charge in [0.1, 0.15) is 0 Å². The van der Waals surface area contributed by atoms with Crippen molar-refractivity contribution >= 4 is 6.09 Å². The molecule has 0 spiro atoms. The van der Waals surface area contributed by atoms with Crippen LogP contribution >= 0.6 is 0 Å². The summed E-state index contributed by atoms with van der Waals surface area (Å²) in [6, 6.07) is 0.103. The van der Waals surface area contributed by atoms with Crippen molar-refractivity contribution in [3.63, 3.8) is 0 Å². The van der Waals surface area contributed by atoms with Crippen LogP contribution in [0.15, 0.2) is 0 Å². The normalized spacial score (nSPS) is 29.8.